The molecule has 5 heteroatoms. The Morgan fingerprint density at radius 3 is 2.58 bits per heavy atom. The summed E-state index contributed by atoms with van der Waals surface area (Å²) in [6.07, 6.45) is 12.3. The van der Waals surface area contributed by atoms with Crippen molar-refractivity contribution in [3.63, 3.8) is 0 Å². The molecule has 5 nitrogen and oxygen atoms in total. The average Bonchev–Trinajstić information content (AvgIpc) is 3.09. The van der Waals surface area contributed by atoms with Gasteiger partial charge in [0.15, 0.2) is 0 Å². The molecule has 2 heterocycles. The van der Waals surface area contributed by atoms with Crippen LogP contribution in [0, 0.1) is 5.92 Å². The van der Waals surface area contributed by atoms with Gasteiger partial charge in [0, 0.05) is 64.5 Å². The number of imidazole rings is 1. The number of hydrogen-bond donors (Lipinski definition) is 0. The first-order valence-corrected chi connectivity index (χ1v) is 9.76. The van der Waals surface area contributed by atoms with Crippen LogP contribution in [-0.4, -0.2) is 58.0 Å². The Hall–Kier alpha value is -1.36. The molecule has 0 N–H and O–H groups in total. The van der Waals surface area contributed by atoms with Crippen molar-refractivity contribution in [2.24, 2.45) is 5.92 Å². The molecule has 0 radical (unpaired) electrons. The fourth-order valence-corrected chi connectivity index (χ4v) is 4.10. The summed E-state index contributed by atoms with van der Waals surface area (Å²) in [6, 6.07) is 0. The van der Waals surface area contributed by atoms with Gasteiger partial charge in [-0.25, -0.2) is 4.98 Å². The Balaban J connectivity index is 1.38. The minimum Gasteiger partial charge on any atom is -0.340 e. The van der Waals surface area contributed by atoms with Crippen LogP contribution < -0.4 is 0 Å². The molecule has 1 amide bonds. The Morgan fingerprint density at radius 2 is 1.88 bits per heavy atom. The van der Waals surface area contributed by atoms with Gasteiger partial charge in [0.2, 0.25) is 5.91 Å². The smallest absolute Gasteiger partial charge is 0.222 e. The van der Waals surface area contributed by atoms with Gasteiger partial charge >= 0.3 is 0 Å². The Bertz CT molecular complexity index is 513. The molecular formula is C19H32N4O. The van der Waals surface area contributed by atoms with E-state index in [2.05, 4.69) is 32.5 Å². The summed E-state index contributed by atoms with van der Waals surface area (Å²) in [4.78, 5) is 21.4. The maximum Gasteiger partial charge on any atom is 0.222 e. The van der Waals surface area contributed by atoms with Crippen LogP contribution in [0.5, 0.6) is 0 Å². The van der Waals surface area contributed by atoms with Crippen molar-refractivity contribution in [2.75, 3.05) is 32.7 Å². The quantitative estimate of drug-likeness (QED) is 0.804. The van der Waals surface area contributed by atoms with Crippen LogP contribution in [0.3, 0.4) is 0 Å². The van der Waals surface area contributed by atoms with Crippen LogP contribution in [0.4, 0.5) is 0 Å². The number of carbonyl (C=O) groups is 1. The van der Waals surface area contributed by atoms with E-state index in [1.165, 1.54) is 32.1 Å². The third-order valence-corrected chi connectivity index (χ3v) is 5.69. The standard InChI is InChI=1S/C19H32N4O/c1-2-18-20-8-9-22(18)13-10-21-11-14-23(15-12-21)19(24)16-17-6-4-3-5-7-17/h8-9,17H,2-7,10-16H2,1H3. The highest BCUT2D eigenvalue weighted by atomic mass is 16.2. The van der Waals surface area contributed by atoms with Crippen molar-refractivity contribution >= 4 is 5.91 Å². The summed E-state index contributed by atoms with van der Waals surface area (Å²) in [5, 5.41) is 0. The number of carbonyl (C=O) groups excluding carboxylic acids is 1. The number of nitrogens with zero attached hydrogens (tertiary/aromatic N) is 4. The molecule has 2 fully saturated rings. The van der Waals surface area contributed by atoms with E-state index in [-0.39, 0.29) is 0 Å². The van der Waals surface area contributed by atoms with Crippen molar-refractivity contribution in [3.8, 4) is 0 Å². The summed E-state index contributed by atoms with van der Waals surface area (Å²) in [5.74, 6) is 2.21. The molecule has 3 rings (SSSR count). The van der Waals surface area contributed by atoms with Gasteiger partial charge in [-0.15, -0.1) is 0 Å². The van der Waals surface area contributed by atoms with Crippen LogP contribution in [-0.2, 0) is 17.8 Å². The van der Waals surface area contributed by atoms with Crippen molar-refractivity contribution in [3.05, 3.63) is 18.2 Å². The summed E-state index contributed by atoms with van der Waals surface area (Å²) < 4.78 is 2.25. The topological polar surface area (TPSA) is 41.4 Å². The number of rotatable bonds is 6. The van der Waals surface area contributed by atoms with Gasteiger partial charge in [-0.3, -0.25) is 9.69 Å². The molecule has 24 heavy (non-hydrogen) atoms. The zero-order valence-corrected chi connectivity index (χ0v) is 15.1. The Labute approximate surface area is 146 Å². The van der Waals surface area contributed by atoms with Gasteiger partial charge in [-0.2, -0.15) is 0 Å². The van der Waals surface area contributed by atoms with Crippen molar-refractivity contribution < 1.29 is 4.79 Å². The molecule has 1 aromatic rings. The Morgan fingerprint density at radius 1 is 1.12 bits per heavy atom. The summed E-state index contributed by atoms with van der Waals surface area (Å²) in [7, 11) is 0. The predicted octanol–water partition coefficient (Wildman–Crippen LogP) is 2.56. The molecule has 134 valence electrons. The van der Waals surface area contributed by atoms with E-state index >= 15 is 0 Å². The molecular weight excluding hydrogens is 300 g/mol. The molecule has 1 aliphatic carbocycles. The zero-order chi connectivity index (χ0) is 16.8. The van der Waals surface area contributed by atoms with Crippen LogP contribution >= 0.6 is 0 Å². The molecule has 0 atom stereocenters. The fraction of sp³-hybridized carbons (Fsp3) is 0.789. The van der Waals surface area contributed by atoms with E-state index in [0.717, 1.165) is 57.9 Å². The number of hydrogen-bond acceptors (Lipinski definition) is 3. The first kappa shape index (κ1) is 17.5. The lowest BCUT2D eigenvalue weighted by atomic mass is 9.86. The summed E-state index contributed by atoms with van der Waals surface area (Å²) >= 11 is 0. The van der Waals surface area contributed by atoms with E-state index in [9.17, 15) is 4.79 Å². The highest BCUT2D eigenvalue weighted by Crippen LogP contribution is 2.27. The number of amides is 1. The second-order valence-corrected chi connectivity index (χ2v) is 7.32. The normalized spacial score (nSPS) is 20.5. The largest absolute Gasteiger partial charge is 0.340 e. The SMILES string of the molecule is CCc1nccn1CCN1CCN(C(=O)CC2CCCCC2)CC1. The second-order valence-electron chi connectivity index (χ2n) is 7.32. The highest BCUT2D eigenvalue weighted by Gasteiger charge is 2.24. The molecule has 0 aromatic carbocycles. The van der Waals surface area contributed by atoms with E-state index in [4.69, 9.17) is 0 Å². The third kappa shape index (κ3) is 4.59. The van der Waals surface area contributed by atoms with Crippen molar-refractivity contribution in [1.29, 1.82) is 0 Å². The third-order valence-electron chi connectivity index (χ3n) is 5.69. The van der Waals surface area contributed by atoms with Gasteiger partial charge in [-0.1, -0.05) is 26.2 Å². The fourth-order valence-electron chi connectivity index (χ4n) is 4.10. The van der Waals surface area contributed by atoms with Gasteiger partial charge < -0.3 is 9.47 Å². The van der Waals surface area contributed by atoms with Crippen LogP contribution in [0.15, 0.2) is 12.4 Å². The highest BCUT2D eigenvalue weighted by molar-refractivity contribution is 5.76. The first-order chi connectivity index (χ1) is 11.8. The monoisotopic (exact) mass is 332 g/mol. The lowest BCUT2D eigenvalue weighted by Crippen LogP contribution is -2.49. The second kappa shape index (κ2) is 8.65. The van der Waals surface area contributed by atoms with Gasteiger partial charge in [0.05, 0.1) is 0 Å². The van der Waals surface area contributed by atoms with Crippen LogP contribution in [0.1, 0.15) is 51.3 Å². The average molecular weight is 332 g/mol. The zero-order valence-electron chi connectivity index (χ0n) is 15.1. The van der Waals surface area contributed by atoms with E-state index in [1.54, 1.807) is 0 Å². The van der Waals surface area contributed by atoms with E-state index in [0.29, 0.717) is 11.8 Å². The first-order valence-electron chi connectivity index (χ1n) is 9.76. The molecule has 0 unspecified atom stereocenters. The number of piperazine rings is 1. The molecule has 1 saturated carbocycles. The lowest BCUT2D eigenvalue weighted by molar-refractivity contribution is -0.134. The summed E-state index contributed by atoms with van der Waals surface area (Å²) in [5.41, 5.74) is 0. The van der Waals surface area contributed by atoms with E-state index < -0.39 is 0 Å². The number of aryl methyl sites for hydroxylation is 1. The molecule has 1 aromatic heterocycles. The Kier molecular flexibility index (Phi) is 6.30. The minimum atomic E-state index is 0.393. The van der Waals surface area contributed by atoms with Crippen LogP contribution in [0.25, 0.3) is 0 Å². The van der Waals surface area contributed by atoms with Crippen molar-refractivity contribution in [1.82, 2.24) is 19.4 Å². The maximum atomic E-state index is 12.5. The molecule has 0 spiro atoms. The molecule has 2 aliphatic rings. The maximum absolute atomic E-state index is 12.5. The van der Waals surface area contributed by atoms with Crippen molar-refractivity contribution in [2.45, 2.75) is 58.4 Å². The van der Waals surface area contributed by atoms with Crippen LogP contribution in [0.2, 0.25) is 0 Å². The molecule has 1 aliphatic heterocycles. The minimum absolute atomic E-state index is 0.393. The number of aromatic nitrogens is 2. The lowest BCUT2D eigenvalue weighted by Gasteiger charge is -2.35. The van der Waals surface area contributed by atoms with E-state index in [1.807, 2.05) is 6.20 Å². The van der Waals surface area contributed by atoms with Gasteiger partial charge in [0.25, 0.3) is 0 Å². The predicted molar refractivity (Wildman–Crippen MR) is 95.8 cm³/mol. The van der Waals surface area contributed by atoms with Gasteiger partial charge in [0.1, 0.15) is 5.82 Å². The van der Waals surface area contributed by atoms with Gasteiger partial charge in [-0.05, 0) is 18.8 Å². The summed E-state index contributed by atoms with van der Waals surface area (Å²) in [6.45, 7) is 8.01. The molecule has 1 saturated heterocycles. The molecule has 0 bridgehead atoms.